The Morgan fingerprint density at radius 3 is 2.50 bits per heavy atom. The zero-order valence-corrected chi connectivity index (χ0v) is 21.3. The predicted octanol–water partition coefficient (Wildman–Crippen LogP) is 2.18. The van der Waals surface area contributed by atoms with Crippen molar-refractivity contribution in [2.75, 3.05) is 19.4 Å². The minimum atomic E-state index is -0.467. The molecule has 11 heteroatoms. The van der Waals surface area contributed by atoms with Gasteiger partial charge in [0.2, 0.25) is 5.91 Å². The summed E-state index contributed by atoms with van der Waals surface area (Å²) in [6, 6.07) is 0. The highest BCUT2D eigenvalue weighted by Gasteiger charge is 2.19. The number of carbonyl (C=O) groups excluding carboxylic acids is 2. The van der Waals surface area contributed by atoms with Gasteiger partial charge in [-0.3, -0.25) is 23.5 Å². The van der Waals surface area contributed by atoms with E-state index in [-0.39, 0.29) is 29.4 Å². The first-order chi connectivity index (χ1) is 16.3. The first-order valence-corrected chi connectivity index (χ1v) is 12.8. The highest BCUT2D eigenvalue weighted by atomic mass is 32.2. The Morgan fingerprint density at radius 2 is 1.82 bits per heavy atom. The summed E-state index contributed by atoms with van der Waals surface area (Å²) < 4.78 is 7.17. The third kappa shape index (κ3) is 7.41. The Kier molecular flexibility index (Phi) is 11.2. The summed E-state index contributed by atoms with van der Waals surface area (Å²) in [4.78, 5) is 58.5. The van der Waals surface area contributed by atoms with Gasteiger partial charge in [0.25, 0.3) is 5.56 Å². The van der Waals surface area contributed by atoms with Crippen molar-refractivity contribution >= 4 is 34.7 Å². The molecule has 0 aliphatic carbocycles. The van der Waals surface area contributed by atoms with Gasteiger partial charge >= 0.3 is 11.7 Å². The molecule has 0 aliphatic rings. The van der Waals surface area contributed by atoms with Gasteiger partial charge in [-0.05, 0) is 19.3 Å². The first-order valence-electron chi connectivity index (χ1n) is 11.8. The van der Waals surface area contributed by atoms with Crippen molar-refractivity contribution in [3.8, 4) is 0 Å². The van der Waals surface area contributed by atoms with Crippen molar-refractivity contribution in [2.24, 2.45) is 7.05 Å². The summed E-state index contributed by atoms with van der Waals surface area (Å²) in [6.45, 7) is 4.87. The molecular weight excluding hydrogens is 458 g/mol. The average molecular weight is 494 g/mol. The van der Waals surface area contributed by atoms with E-state index in [2.05, 4.69) is 26.9 Å². The number of hydrogen-bond donors (Lipinski definition) is 1. The van der Waals surface area contributed by atoms with Gasteiger partial charge in [-0.1, -0.05) is 44.9 Å². The second kappa shape index (κ2) is 13.9. The van der Waals surface area contributed by atoms with E-state index in [0.29, 0.717) is 48.8 Å². The van der Waals surface area contributed by atoms with Gasteiger partial charge in [-0.2, -0.15) is 0 Å². The zero-order chi connectivity index (χ0) is 25.1. The number of carbonyl (C=O) groups is 2. The number of unbranched alkanes of at least 4 members (excludes halogenated alkanes) is 3. The molecule has 188 valence electrons. The molecule has 1 amide bonds. The highest BCUT2D eigenvalue weighted by Crippen LogP contribution is 2.23. The van der Waals surface area contributed by atoms with E-state index >= 15 is 0 Å². The van der Waals surface area contributed by atoms with Gasteiger partial charge in [0, 0.05) is 33.0 Å². The number of thioether (sulfide) groups is 1. The number of rotatable bonds is 14. The van der Waals surface area contributed by atoms with Crippen LogP contribution in [0.5, 0.6) is 0 Å². The second-order valence-corrected chi connectivity index (χ2v) is 9.03. The molecule has 0 unspecified atom stereocenters. The van der Waals surface area contributed by atoms with Crippen LogP contribution in [0.1, 0.15) is 64.6 Å². The molecular formula is C23H35N5O5S. The number of esters is 1. The minimum absolute atomic E-state index is 0.0513. The Balaban J connectivity index is 2.31. The van der Waals surface area contributed by atoms with Crippen LogP contribution in [0.25, 0.3) is 11.0 Å². The van der Waals surface area contributed by atoms with E-state index in [9.17, 15) is 19.2 Å². The van der Waals surface area contributed by atoms with Crippen LogP contribution >= 0.6 is 11.8 Å². The fourth-order valence-electron chi connectivity index (χ4n) is 3.48. The lowest BCUT2D eigenvalue weighted by molar-refractivity contribution is -0.140. The molecule has 0 saturated heterocycles. The molecule has 0 aliphatic heterocycles. The van der Waals surface area contributed by atoms with Crippen LogP contribution in [-0.4, -0.2) is 50.4 Å². The largest absolute Gasteiger partial charge is 0.469 e. The van der Waals surface area contributed by atoms with E-state index in [0.717, 1.165) is 42.0 Å². The van der Waals surface area contributed by atoms with E-state index in [4.69, 9.17) is 0 Å². The maximum atomic E-state index is 13.0. The number of nitrogens with zero attached hydrogens (tertiary/aromatic N) is 4. The summed E-state index contributed by atoms with van der Waals surface area (Å²) in [5, 5.41) is 3.43. The smallest absolute Gasteiger partial charge is 0.332 e. The Hall–Kier alpha value is -2.69. The minimum Gasteiger partial charge on any atom is -0.469 e. The summed E-state index contributed by atoms with van der Waals surface area (Å²) in [5.74, 6) is 0.0683. The number of fused-ring (bicyclic) bond motifs is 1. The molecule has 0 radical (unpaired) electrons. The number of methoxy groups -OCH3 is 1. The Morgan fingerprint density at radius 1 is 1.06 bits per heavy atom. The number of aromatic nitrogens is 4. The molecule has 0 spiro atoms. The molecule has 34 heavy (non-hydrogen) atoms. The van der Waals surface area contributed by atoms with Gasteiger partial charge in [0.05, 0.1) is 12.9 Å². The molecule has 0 saturated carbocycles. The molecule has 0 aromatic carbocycles. The zero-order valence-electron chi connectivity index (χ0n) is 20.5. The normalized spacial score (nSPS) is 11.1. The van der Waals surface area contributed by atoms with E-state index in [1.54, 1.807) is 0 Å². The lowest BCUT2D eigenvalue weighted by Gasteiger charge is -2.14. The van der Waals surface area contributed by atoms with Crippen molar-refractivity contribution in [3.05, 3.63) is 26.7 Å². The predicted molar refractivity (Wildman–Crippen MR) is 132 cm³/mol. The quantitative estimate of drug-likeness (QED) is 0.184. The van der Waals surface area contributed by atoms with Crippen LogP contribution < -0.4 is 16.6 Å². The fraction of sp³-hybridized carbons (Fsp3) is 0.652. The molecule has 2 aromatic rings. The second-order valence-electron chi connectivity index (χ2n) is 8.07. The van der Waals surface area contributed by atoms with E-state index in [1.807, 2.05) is 6.92 Å². The van der Waals surface area contributed by atoms with Gasteiger partial charge in [-0.25, -0.2) is 14.8 Å². The molecule has 2 heterocycles. The van der Waals surface area contributed by atoms with Crippen LogP contribution in [0.2, 0.25) is 0 Å². The summed E-state index contributed by atoms with van der Waals surface area (Å²) in [7, 11) is 2.77. The number of ether oxygens (including phenoxy) is 1. The van der Waals surface area contributed by atoms with Crippen LogP contribution in [0.4, 0.5) is 0 Å². The van der Waals surface area contributed by atoms with Crippen molar-refractivity contribution in [1.82, 2.24) is 24.4 Å². The Labute approximate surface area is 203 Å². The summed E-state index contributed by atoms with van der Waals surface area (Å²) >= 11 is 1.16. The molecule has 0 atom stereocenters. The molecule has 2 rings (SSSR count). The first kappa shape index (κ1) is 27.6. The maximum Gasteiger partial charge on any atom is 0.332 e. The van der Waals surface area contributed by atoms with E-state index in [1.165, 1.54) is 18.7 Å². The molecule has 1 N–H and O–H groups in total. The van der Waals surface area contributed by atoms with Gasteiger partial charge in [-0.15, -0.1) is 0 Å². The summed E-state index contributed by atoms with van der Waals surface area (Å²) in [6.07, 6.45) is 6.24. The molecule has 0 bridgehead atoms. The average Bonchev–Trinajstić information content (AvgIpc) is 2.83. The monoisotopic (exact) mass is 493 g/mol. The SMILES string of the molecule is CCCCCCc1nc(SCC(=O)NCCCC(=O)OC)c2c(=O)n(C)c(=O)n(CCC)c2n1. The molecule has 2 aromatic heterocycles. The maximum absolute atomic E-state index is 13.0. The third-order valence-electron chi connectivity index (χ3n) is 5.34. The number of amides is 1. The number of aryl methyl sites for hydroxylation is 2. The van der Waals surface area contributed by atoms with Crippen molar-refractivity contribution in [1.29, 1.82) is 0 Å². The number of hydrogen-bond acceptors (Lipinski definition) is 8. The van der Waals surface area contributed by atoms with Crippen LogP contribution in [0, 0.1) is 0 Å². The Bertz CT molecular complexity index is 1110. The molecule has 10 nitrogen and oxygen atoms in total. The highest BCUT2D eigenvalue weighted by molar-refractivity contribution is 8.00. The van der Waals surface area contributed by atoms with E-state index < -0.39 is 11.2 Å². The van der Waals surface area contributed by atoms with Crippen LogP contribution in [0.3, 0.4) is 0 Å². The van der Waals surface area contributed by atoms with Gasteiger partial charge < -0.3 is 10.1 Å². The lowest BCUT2D eigenvalue weighted by atomic mass is 10.1. The van der Waals surface area contributed by atoms with Crippen LogP contribution in [-0.2, 0) is 34.3 Å². The molecule has 0 fully saturated rings. The van der Waals surface area contributed by atoms with Crippen molar-refractivity contribution in [3.63, 3.8) is 0 Å². The summed E-state index contributed by atoms with van der Waals surface area (Å²) in [5.41, 5.74) is -0.545. The lowest BCUT2D eigenvalue weighted by Crippen LogP contribution is -2.39. The third-order valence-corrected chi connectivity index (χ3v) is 6.32. The number of nitrogens with one attached hydrogen (secondary N) is 1. The fourth-order valence-corrected chi connectivity index (χ4v) is 4.34. The standard InChI is InChI=1S/C23H35N5O5S/c1-5-7-8-9-11-16-25-20-19(22(31)27(3)23(32)28(20)14-6-2)21(26-16)34-15-17(29)24-13-10-12-18(30)33-4/h5-15H2,1-4H3,(H,24,29). The van der Waals surface area contributed by atoms with Gasteiger partial charge in [0.15, 0.2) is 5.65 Å². The topological polar surface area (TPSA) is 125 Å². The van der Waals surface area contributed by atoms with Crippen LogP contribution in [0.15, 0.2) is 14.6 Å². The van der Waals surface area contributed by atoms with Crippen molar-refractivity contribution in [2.45, 2.75) is 76.8 Å². The van der Waals surface area contributed by atoms with Gasteiger partial charge in [0.1, 0.15) is 16.2 Å². The van der Waals surface area contributed by atoms with Crippen molar-refractivity contribution < 1.29 is 14.3 Å².